The SMILES string of the molecule is CC(=O)N[C@@H]1[C@@H](O[C@@H]2O[C@H](CO)[C@H](O[C@@H]3O[C@H](CO)[C@H](O)[C@H](O)[C@H]3O)[C@H](O[C@@H]3O[C@H](CO)[C@H](O)[C@H](O[C@@H]4O[C@H](C(=O)O)[C@@H](O)[C@H](O)[C@H]4O)[C@H]3O)[C@H]2O[C@@H]2O[C@@H](C)[C@@H](O)[C@@H](O)[C@@H]2O)[C@@H](O)[C@@H](CO[C@@H]2O[C@H](CO)[C@@H](O)[C@H](O)[C@H]2NC(C)=O)O[C@@H]1O. The zero-order chi connectivity index (χ0) is 62.1. The van der Waals surface area contributed by atoms with Crippen molar-refractivity contribution in [3.05, 3.63) is 0 Å². The number of hydrogen-bond donors (Lipinski definition) is 22. The quantitative estimate of drug-likeness (QED) is 0.0538. The number of rotatable bonds is 20. The van der Waals surface area contributed by atoms with Gasteiger partial charge in [-0.1, -0.05) is 0 Å². The molecule has 0 saturated carbocycles. The lowest BCUT2D eigenvalue weighted by molar-refractivity contribution is -0.419. The zero-order valence-corrected chi connectivity index (χ0v) is 44.7. The predicted octanol–water partition coefficient (Wildman–Crippen LogP) is -14.9. The van der Waals surface area contributed by atoms with Crippen LogP contribution in [0.2, 0.25) is 0 Å². The van der Waals surface area contributed by atoms with Crippen molar-refractivity contribution >= 4 is 17.8 Å². The molecule has 7 aliphatic rings. The van der Waals surface area contributed by atoms with Crippen LogP contribution < -0.4 is 10.6 Å². The van der Waals surface area contributed by atoms with Crippen LogP contribution in [0.25, 0.3) is 0 Å². The Balaban J connectivity index is 1.31. The van der Waals surface area contributed by atoms with Crippen molar-refractivity contribution in [2.24, 2.45) is 0 Å². The smallest absolute Gasteiger partial charge is 0.335 e. The van der Waals surface area contributed by atoms with Crippen molar-refractivity contribution in [3.63, 3.8) is 0 Å². The van der Waals surface area contributed by atoms with E-state index in [1.165, 1.54) is 6.92 Å². The number of aliphatic hydroxyl groups is 19. The molecule has 0 aromatic heterocycles. The summed E-state index contributed by atoms with van der Waals surface area (Å²) in [5.41, 5.74) is 0. The van der Waals surface area contributed by atoms with E-state index in [0.717, 1.165) is 13.8 Å². The second kappa shape index (κ2) is 29.2. The number of carbonyl (C=O) groups is 3. The molecule has 38 heteroatoms. The Bertz CT molecular complexity index is 2130. The number of nitrogens with one attached hydrogen (secondary N) is 2. The topological polar surface area (TPSA) is 600 Å². The third-order valence-electron chi connectivity index (χ3n) is 15.3. The molecule has 84 heavy (non-hydrogen) atoms. The first kappa shape index (κ1) is 68.6. The Morgan fingerprint density at radius 3 is 1.35 bits per heavy atom. The highest BCUT2D eigenvalue weighted by Gasteiger charge is 2.60. The van der Waals surface area contributed by atoms with E-state index in [2.05, 4.69) is 10.6 Å². The van der Waals surface area contributed by atoms with E-state index in [-0.39, 0.29) is 0 Å². The van der Waals surface area contributed by atoms with E-state index in [1.807, 2.05) is 0 Å². The third kappa shape index (κ3) is 14.6. The summed E-state index contributed by atoms with van der Waals surface area (Å²) < 4.78 is 76.2. The molecule has 22 N–H and O–H groups in total. The van der Waals surface area contributed by atoms with Crippen LogP contribution >= 0.6 is 0 Å². The van der Waals surface area contributed by atoms with Crippen LogP contribution in [0.3, 0.4) is 0 Å². The molecule has 35 atom stereocenters. The van der Waals surface area contributed by atoms with Gasteiger partial charge in [-0.15, -0.1) is 0 Å². The van der Waals surface area contributed by atoms with Gasteiger partial charge >= 0.3 is 5.97 Å². The maximum absolute atomic E-state index is 12.8. The predicted molar refractivity (Wildman–Crippen MR) is 254 cm³/mol. The second-order valence-corrected chi connectivity index (χ2v) is 21.1. The normalized spacial score (nSPS) is 50.3. The van der Waals surface area contributed by atoms with Crippen molar-refractivity contribution in [3.8, 4) is 0 Å². The first-order valence-corrected chi connectivity index (χ1v) is 26.5. The average Bonchev–Trinajstić information content (AvgIpc) is 1.38. The number of amides is 2. The van der Waals surface area contributed by atoms with Gasteiger partial charge in [0.2, 0.25) is 11.8 Å². The van der Waals surface area contributed by atoms with Crippen molar-refractivity contribution < 1.29 is 178 Å². The molecule has 0 aliphatic carbocycles. The molecule has 0 aromatic rings. The van der Waals surface area contributed by atoms with Gasteiger partial charge in [-0.25, -0.2) is 4.79 Å². The van der Waals surface area contributed by atoms with Crippen molar-refractivity contribution in [2.75, 3.05) is 33.0 Å². The van der Waals surface area contributed by atoms with Crippen molar-refractivity contribution in [1.29, 1.82) is 0 Å². The molecule has 7 saturated heterocycles. The first-order chi connectivity index (χ1) is 39.6. The van der Waals surface area contributed by atoms with Gasteiger partial charge in [0.1, 0.15) is 159 Å². The van der Waals surface area contributed by atoms with Gasteiger partial charge in [0.15, 0.2) is 50.1 Å². The highest BCUT2D eigenvalue weighted by Crippen LogP contribution is 2.40. The van der Waals surface area contributed by atoms with E-state index in [9.17, 15) is 117 Å². The zero-order valence-electron chi connectivity index (χ0n) is 44.7. The van der Waals surface area contributed by atoms with Gasteiger partial charge in [-0.2, -0.15) is 0 Å². The molecule has 2 amide bonds. The monoisotopic (exact) mass is 1230 g/mol. The molecule has 7 heterocycles. The fourth-order valence-corrected chi connectivity index (χ4v) is 10.6. The summed E-state index contributed by atoms with van der Waals surface area (Å²) in [6.07, 6.45) is -69.3. The summed E-state index contributed by atoms with van der Waals surface area (Å²) in [5, 5.41) is 222. The Labute approximate surface area is 474 Å². The van der Waals surface area contributed by atoms with Crippen LogP contribution in [-0.4, -0.2) is 368 Å². The maximum Gasteiger partial charge on any atom is 0.335 e. The first-order valence-electron chi connectivity index (χ1n) is 26.5. The number of aliphatic carboxylic acids is 1. The number of carboxylic acids is 1. The van der Waals surface area contributed by atoms with Gasteiger partial charge in [-0.05, 0) is 6.92 Å². The summed E-state index contributed by atoms with van der Waals surface area (Å²) in [4.78, 5) is 36.9. The number of carbonyl (C=O) groups excluding carboxylic acids is 2. The summed E-state index contributed by atoms with van der Waals surface area (Å²) in [7, 11) is 0. The van der Waals surface area contributed by atoms with Crippen LogP contribution in [0, 0.1) is 0 Å². The van der Waals surface area contributed by atoms with Gasteiger partial charge in [0, 0.05) is 13.8 Å². The fourth-order valence-electron chi connectivity index (χ4n) is 10.6. The standard InChI is InChI=1S/C46H76N2O36/c1-9-19(55)25(61)29(65)42(73-9)84-38-37(83-45-32(68)35(22(58)14(6-51)77-45)81-44-31(67)27(63)28(64)36(82-44)39(69)70)33(79-43-30(66)26(62)21(57)13(5-50)76-43)15(7-52)78-46(38)80-34-18(48-11(3)54)40(71)74-16(23(34)59)8-72-41-17(47-10(2)53)24(60)20(56)12(4-49)75-41/h9,12-38,40-46,49-52,55-68,71H,4-8H2,1-3H3,(H,47,53)(H,48,54)(H,69,70)/t9-,12+,13+,14+,15+,16+,17+,18+,19+,20+,21-,22-,23-,24+,25+,26-,27-,28-,29-,30+,31+,32+,33-,34+,35-,36-,37-,38+,40-,41+,42-,43-,44+,45-,46-/m0/s1. The highest BCUT2D eigenvalue weighted by molar-refractivity contribution is 5.74. The molecule has 486 valence electrons. The van der Waals surface area contributed by atoms with Crippen LogP contribution in [0.15, 0.2) is 0 Å². The Morgan fingerprint density at radius 1 is 0.369 bits per heavy atom. The van der Waals surface area contributed by atoms with Crippen LogP contribution in [0.5, 0.6) is 0 Å². The fraction of sp³-hybridized carbons (Fsp3) is 0.935. The van der Waals surface area contributed by atoms with E-state index < -0.39 is 266 Å². The molecule has 0 radical (unpaired) electrons. The largest absolute Gasteiger partial charge is 0.479 e. The van der Waals surface area contributed by atoms with Gasteiger partial charge in [-0.3, -0.25) is 9.59 Å². The lowest BCUT2D eigenvalue weighted by atomic mass is 9.93. The lowest BCUT2D eigenvalue weighted by Gasteiger charge is -2.52. The Hall–Kier alpha value is -2.87. The number of ether oxygens (including phenoxy) is 13. The van der Waals surface area contributed by atoms with E-state index in [4.69, 9.17) is 61.6 Å². The van der Waals surface area contributed by atoms with Crippen LogP contribution in [0.1, 0.15) is 20.8 Å². The molecule has 7 fully saturated rings. The summed E-state index contributed by atoms with van der Waals surface area (Å²) in [6.45, 7) is -2.03. The number of carboxylic acid groups (broad SMARTS) is 1. The average molecular weight is 1230 g/mol. The Kier molecular flexibility index (Phi) is 23.8. The molecule has 0 aromatic carbocycles. The minimum absolute atomic E-state index is 0.753. The van der Waals surface area contributed by atoms with E-state index in [1.54, 1.807) is 0 Å². The molecular weight excluding hydrogens is 1160 g/mol. The molecule has 0 spiro atoms. The maximum atomic E-state index is 12.8. The molecule has 38 nitrogen and oxygen atoms in total. The van der Waals surface area contributed by atoms with Crippen LogP contribution in [-0.2, 0) is 76.0 Å². The number of hydrogen-bond acceptors (Lipinski definition) is 35. The second-order valence-electron chi connectivity index (χ2n) is 21.1. The van der Waals surface area contributed by atoms with E-state index >= 15 is 0 Å². The van der Waals surface area contributed by atoms with Gasteiger partial charge < -0.3 is 174 Å². The molecular formula is C46H76N2O36. The minimum atomic E-state index is -2.49. The van der Waals surface area contributed by atoms with Crippen LogP contribution in [0.4, 0.5) is 0 Å². The summed E-state index contributed by atoms with van der Waals surface area (Å²) in [6, 6.07) is -3.44. The van der Waals surface area contributed by atoms with Crippen molar-refractivity contribution in [2.45, 2.75) is 236 Å². The lowest BCUT2D eigenvalue weighted by Crippen LogP contribution is -2.71. The molecule has 0 bridgehead atoms. The van der Waals surface area contributed by atoms with Gasteiger partial charge in [0.05, 0.1) is 39.1 Å². The minimum Gasteiger partial charge on any atom is -0.479 e. The summed E-state index contributed by atoms with van der Waals surface area (Å²) >= 11 is 0. The molecule has 0 unspecified atom stereocenters. The summed E-state index contributed by atoms with van der Waals surface area (Å²) in [5.74, 6) is -3.54. The van der Waals surface area contributed by atoms with Crippen molar-refractivity contribution in [1.82, 2.24) is 10.6 Å². The highest BCUT2D eigenvalue weighted by atomic mass is 16.8. The van der Waals surface area contributed by atoms with E-state index in [0.29, 0.717) is 0 Å². The number of aliphatic hydroxyl groups excluding tert-OH is 19. The van der Waals surface area contributed by atoms with Gasteiger partial charge in [0.25, 0.3) is 0 Å². The molecule has 7 rings (SSSR count). The third-order valence-corrected chi connectivity index (χ3v) is 15.3. The molecule has 7 aliphatic heterocycles. The Morgan fingerprint density at radius 2 is 0.786 bits per heavy atom.